The summed E-state index contributed by atoms with van der Waals surface area (Å²) in [5, 5.41) is 15.8. The summed E-state index contributed by atoms with van der Waals surface area (Å²) < 4.78 is -0.660. The number of nitrogens with one attached hydrogen (secondary N) is 2. The lowest BCUT2D eigenvalue weighted by molar-refractivity contribution is -0.144. The lowest BCUT2D eigenvalue weighted by Crippen LogP contribution is -2.58. The van der Waals surface area contributed by atoms with Crippen molar-refractivity contribution in [3.05, 3.63) is 0 Å². The van der Waals surface area contributed by atoms with Crippen LogP contribution in [0.5, 0.6) is 0 Å². The predicted molar refractivity (Wildman–Crippen MR) is 117 cm³/mol. The Bertz CT molecular complexity index is 693. The number of amides is 3. The van der Waals surface area contributed by atoms with Gasteiger partial charge in [-0.05, 0) is 26.2 Å². The van der Waals surface area contributed by atoms with E-state index in [2.05, 4.69) is 26.6 Å². The summed E-state index contributed by atoms with van der Waals surface area (Å²) in [5.74, 6) is -1.51. The molecule has 0 aromatic rings. The lowest BCUT2D eigenvalue weighted by atomic mass is 9.70. The first-order chi connectivity index (χ1) is 13.6. The zero-order valence-electron chi connectivity index (χ0n) is 17.6. The first-order valence-corrected chi connectivity index (χ1v) is 12.2. The van der Waals surface area contributed by atoms with E-state index in [4.69, 9.17) is 0 Å². The van der Waals surface area contributed by atoms with Gasteiger partial charge in [-0.15, -0.1) is 11.8 Å². The SMILES string of the molecule is CC[C@H](C)[C@H](CO)N1C(=O)[C@@H]2[C@H](C(=O)NC)[C@H]3SC2(CC3Br)C1C(=O)NC(C)C. The number of fused-ring (bicyclic) bond motifs is 1. The van der Waals surface area contributed by atoms with Crippen LogP contribution in [0, 0.1) is 17.8 Å². The molecule has 0 saturated carbocycles. The summed E-state index contributed by atoms with van der Waals surface area (Å²) in [7, 11) is 1.59. The minimum Gasteiger partial charge on any atom is -0.394 e. The summed E-state index contributed by atoms with van der Waals surface area (Å²) in [6, 6.07) is -1.21. The Morgan fingerprint density at radius 1 is 1.34 bits per heavy atom. The summed E-state index contributed by atoms with van der Waals surface area (Å²) in [6.45, 7) is 7.59. The Hall–Kier alpha value is -0.800. The number of rotatable bonds is 7. The number of likely N-dealkylation sites (tertiary alicyclic amines) is 1. The minimum absolute atomic E-state index is 0.0361. The first-order valence-electron chi connectivity index (χ1n) is 10.4. The Morgan fingerprint density at radius 2 is 2.00 bits per heavy atom. The molecular formula is C20H32BrN3O4S. The predicted octanol–water partition coefficient (Wildman–Crippen LogP) is 1.13. The Balaban J connectivity index is 2.11. The highest BCUT2D eigenvalue weighted by molar-refractivity contribution is 9.09. The van der Waals surface area contributed by atoms with Gasteiger partial charge in [0, 0.05) is 23.2 Å². The van der Waals surface area contributed by atoms with E-state index in [0.29, 0.717) is 6.42 Å². The molecular weight excluding hydrogens is 458 g/mol. The van der Waals surface area contributed by atoms with Crippen LogP contribution >= 0.6 is 27.7 Å². The second kappa shape index (κ2) is 8.38. The Labute approximate surface area is 185 Å². The molecule has 1 spiro atoms. The van der Waals surface area contributed by atoms with Gasteiger partial charge in [-0.2, -0.15) is 0 Å². The van der Waals surface area contributed by atoms with Gasteiger partial charge in [0.05, 0.1) is 29.2 Å². The third-order valence-electron chi connectivity index (χ3n) is 6.80. The fraction of sp³-hybridized carbons (Fsp3) is 0.850. The number of hydrogen-bond donors (Lipinski definition) is 3. The fourth-order valence-corrected chi connectivity index (χ4v) is 8.97. The zero-order valence-corrected chi connectivity index (χ0v) is 20.0. The molecule has 3 rings (SSSR count). The highest BCUT2D eigenvalue weighted by Crippen LogP contribution is 2.68. The summed E-state index contributed by atoms with van der Waals surface area (Å²) in [6.07, 6.45) is 1.43. The van der Waals surface area contributed by atoms with Crippen LogP contribution in [0.4, 0.5) is 0 Å². The van der Waals surface area contributed by atoms with Gasteiger partial charge in [0.25, 0.3) is 0 Å². The molecule has 3 unspecified atom stereocenters. The topological polar surface area (TPSA) is 98.7 Å². The third kappa shape index (κ3) is 3.41. The van der Waals surface area contributed by atoms with Crippen LogP contribution in [0.2, 0.25) is 0 Å². The van der Waals surface area contributed by atoms with E-state index in [-0.39, 0.29) is 46.4 Å². The van der Waals surface area contributed by atoms with Crippen LogP contribution < -0.4 is 10.6 Å². The molecule has 3 amide bonds. The van der Waals surface area contributed by atoms with Crippen molar-refractivity contribution >= 4 is 45.4 Å². The highest BCUT2D eigenvalue weighted by Gasteiger charge is 2.76. The number of hydrogen-bond acceptors (Lipinski definition) is 5. The van der Waals surface area contributed by atoms with Crippen molar-refractivity contribution in [2.75, 3.05) is 13.7 Å². The second-order valence-corrected chi connectivity index (χ2v) is 11.5. The van der Waals surface area contributed by atoms with Crippen molar-refractivity contribution in [3.63, 3.8) is 0 Å². The molecule has 0 aliphatic carbocycles. The van der Waals surface area contributed by atoms with Crippen molar-refractivity contribution in [1.82, 2.24) is 15.5 Å². The molecule has 2 bridgehead atoms. The van der Waals surface area contributed by atoms with Crippen LogP contribution in [-0.2, 0) is 14.4 Å². The molecule has 0 aromatic carbocycles. The fourth-order valence-electron chi connectivity index (χ4n) is 5.37. The number of alkyl halides is 1. The minimum atomic E-state index is -0.696. The van der Waals surface area contributed by atoms with Gasteiger partial charge in [-0.3, -0.25) is 14.4 Å². The number of halogens is 1. The number of thioether (sulfide) groups is 1. The van der Waals surface area contributed by atoms with E-state index in [0.717, 1.165) is 6.42 Å². The smallest absolute Gasteiger partial charge is 0.244 e. The molecule has 3 aliphatic heterocycles. The average molecular weight is 490 g/mol. The van der Waals surface area contributed by atoms with E-state index in [1.165, 1.54) is 0 Å². The van der Waals surface area contributed by atoms with E-state index < -0.39 is 28.7 Å². The van der Waals surface area contributed by atoms with Crippen LogP contribution in [0.1, 0.15) is 40.5 Å². The molecule has 164 valence electrons. The molecule has 9 heteroatoms. The van der Waals surface area contributed by atoms with Crippen molar-refractivity contribution in [2.45, 2.75) is 73.5 Å². The van der Waals surface area contributed by atoms with E-state index in [1.54, 1.807) is 23.7 Å². The normalized spacial score (nSPS) is 37.6. The molecule has 3 saturated heterocycles. The number of nitrogens with zero attached hydrogens (tertiary/aromatic N) is 1. The van der Waals surface area contributed by atoms with Crippen molar-refractivity contribution in [1.29, 1.82) is 0 Å². The molecule has 3 fully saturated rings. The van der Waals surface area contributed by atoms with Gasteiger partial charge in [-0.25, -0.2) is 0 Å². The van der Waals surface area contributed by atoms with Crippen molar-refractivity contribution in [2.24, 2.45) is 17.8 Å². The molecule has 3 N–H and O–H groups in total. The molecule has 29 heavy (non-hydrogen) atoms. The van der Waals surface area contributed by atoms with Crippen LogP contribution in [0.25, 0.3) is 0 Å². The van der Waals surface area contributed by atoms with Gasteiger partial charge in [0.15, 0.2) is 0 Å². The van der Waals surface area contributed by atoms with Crippen LogP contribution in [-0.4, -0.2) is 74.3 Å². The summed E-state index contributed by atoms with van der Waals surface area (Å²) in [5.41, 5.74) is 0. The standard InChI is InChI=1S/C20H32BrN3O4S/c1-6-10(4)12(8-25)24-16(18(27)23-9(2)3)20-7-11(21)15(29-20)13(17(26)22-5)14(20)19(24)28/h9-16,25H,6-8H2,1-5H3,(H,22,26)(H,23,27)/t10-,11?,12-,13-,14-,15-,16?,20?/m0/s1. The molecule has 3 heterocycles. The lowest BCUT2D eigenvalue weighted by Gasteiger charge is -2.39. The van der Waals surface area contributed by atoms with Gasteiger partial charge >= 0.3 is 0 Å². The van der Waals surface area contributed by atoms with Gasteiger partial charge in [-0.1, -0.05) is 36.2 Å². The number of carbonyl (C=O) groups is 3. The monoisotopic (exact) mass is 489 g/mol. The molecule has 0 aromatic heterocycles. The quantitative estimate of drug-likeness (QED) is 0.465. The zero-order chi connectivity index (χ0) is 21.7. The highest BCUT2D eigenvalue weighted by atomic mass is 79.9. The molecule has 8 atom stereocenters. The maximum atomic E-state index is 13.8. The maximum Gasteiger partial charge on any atom is 0.244 e. The number of aliphatic hydroxyl groups is 1. The van der Waals surface area contributed by atoms with Crippen molar-refractivity contribution < 1.29 is 19.5 Å². The molecule has 0 radical (unpaired) electrons. The molecule has 7 nitrogen and oxygen atoms in total. The van der Waals surface area contributed by atoms with Crippen LogP contribution in [0.3, 0.4) is 0 Å². The second-order valence-electron chi connectivity index (χ2n) is 8.82. The van der Waals surface area contributed by atoms with E-state index in [1.807, 2.05) is 27.7 Å². The summed E-state index contributed by atoms with van der Waals surface area (Å²) >= 11 is 5.33. The number of aliphatic hydroxyl groups excluding tert-OH is 1. The average Bonchev–Trinajstić information content (AvgIpc) is 3.25. The third-order valence-corrected chi connectivity index (χ3v) is 10.0. The van der Waals surface area contributed by atoms with Gasteiger partial charge in [0.1, 0.15) is 6.04 Å². The van der Waals surface area contributed by atoms with Crippen molar-refractivity contribution in [3.8, 4) is 0 Å². The van der Waals surface area contributed by atoms with E-state index in [9.17, 15) is 19.5 Å². The van der Waals surface area contributed by atoms with E-state index >= 15 is 0 Å². The van der Waals surface area contributed by atoms with Gasteiger partial charge < -0.3 is 20.6 Å². The van der Waals surface area contributed by atoms with Crippen LogP contribution in [0.15, 0.2) is 0 Å². The first kappa shape index (κ1) is 22.9. The number of carbonyl (C=O) groups excluding carboxylic acids is 3. The maximum absolute atomic E-state index is 13.8. The summed E-state index contributed by atoms with van der Waals surface area (Å²) in [4.78, 5) is 41.6. The Morgan fingerprint density at radius 3 is 2.52 bits per heavy atom. The Kier molecular flexibility index (Phi) is 6.61. The largest absolute Gasteiger partial charge is 0.394 e. The molecule has 3 aliphatic rings. The van der Waals surface area contributed by atoms with Gasteiger partial charge in [0.2, 0.25) is 17.7 Å².